The van der Waals surface area contributed by atoms with Crippen molar-refractivity contribution in [2.24, 2.45) is 0 Å². The lowest BCUT2D eigenvalue weighted by atomic mass is 9.92. The van der Waals surface area contributed by atoms with E-state index >= 15 is 0 Å². The van der Waals surface area contributed by atoms with Crippen LogP contribution in [-0.2, 0) is 11.3 Å². The van der Waals surface area contributed by atoms with E-state index in [0.29, 0.717) is 11.9 Å². The molecule has 0 saturated heterocycles. The van der Waals surface area contributed by atoms with Gasteiger partial charge in [0.15, 0.2) is 0 Å². The highest BCUT2D eigenvalue weighted by Crippen LogP contribution is 2.24. The van der Waals surface area contributed by atoms with Crippen molar-refractivity contribution >= 4 is 18.7 Å². The van der Waals surface area contributed by atoms with E-state index in [2.05, 4.69) is 17.9 Å². The summed E-state index contributed by atoms with van der Waals surface area (Å²) in [5, 5.41) is 3.24. The van der Waals surface area contributed by atoms with E-state index in [-0.39, 0.29) is 12.1 Å². The van der Waals surface area contributed by atoms with E-state index in [9.17, 15) is 4.79 Å². The van der Waals surface area contributed by atoms with Crippen molar-refractivity contribution in [1.82, 2.24) is 5.32 Å². The SMILES string of the molecule is O=C(NC1CC(S)C1)OCc1ccccc1. The van der Waals surface area contributed by atoms with Crippen LogP contribution in [-0.4, -0.2) is 17.4 Å². The van der Waals surface area contributed by atoms with E-state index in [1.54, 1.807) is 0 Å². The second-order valence-corrected chi connectivity index (χ2v) is 4.76. The summed E-state index contributed by atoms with van der Waals surface area (Å²) < 4.78 is 5.09. The highest BCUT2D eigenvalue weighted by Gasteiger charge is 2.27. The third-order valence-electron chi connectivity index (χ3n) is 2.65. The molecule has 0 unspecified atom stereocenters. The Balaban J connectivity index is 1.68. The lowest BCUT2D eigenvalue weighted by Gasteiger charge is -2.31. The lowest BCUT2D eigenvalue weighted by molar-refractivity contribution is 0.131. The van der Waals surface area contributed by atoms with Crippen LogP contribution in [0.15, 0.2) is 30.3 Å². The second-order valence-electron chi connectivity index (χ2n) is 4.03. The number of carbonyl (C=O) groups is 1. The summed E-state index contributed by atoms with van der Waals surface area (Å²) >= 11 is 4.28. The average molecular weight is 237 g/mol. The Hall–Kier alpha value is -1.16. The van der Waals surface area contributed by atoms with Gasteiger partial charge >= 0.3 is 6.09 Å². The maximum Gasteiger partial charge on any atom is 0.407 e. The molecule has 1 aromatic rings. The molecular weight excluding hydrogens is 222 g/mol. The van der Waals surface area contributed by atoms with E-state index < -0.39 is 0 Å². The molecule has 0 spiro atoms. The van der Waals surface area contributed by atoms with Gasteiger partial charge in [0.25, 0.3) is 0 Å². The normalized spacial score (nSPS) is 23.3. The summed E-state index contributed by atoms with van der Waals surface area (Å²) in [7, 11) is 0. The van der Waals surface area contributed by atoms with Gasteiger partial charge in [-0.15, -0.1) is 0 Å². The first-order chi connectivity index (χ1) is 7.74. The molecule has 1 aliphatic carbocycles. The number of alkyl carbamates (subject to hydrolysis) is 1. The largest absolute Gasteiger partial charge is 0.445 e. The molecule has 0 atom stereocenters. The minimum atomic E-state index is -0.339. The number of rotatable bonds is 3. The van der Waals surface area contributed by atoms with Crippen LogP contribution in [0.2, 0.25) is 0 Å². The third kappa shape index (κ3) is 3.17. The Morgan fingerprint density at radius 2 is 2.06 bits per heavy atom. The Labute approximate surface area is 101 Å². The highest BCUT2D eigenvalue weighted by atomic mass is 32.1. The van der Waals surface area contributed by atoms with Gasteiger partial charge in [0.05, 0.1) is 0 Å². The minimum Gasteiger partial charge on any atom is -0.445 e. The number of hydrogen-bond acceptors (Lipinski definition) is 3. The van der Waals surface area contributed by atoms with Gasteiger partial charge in [0.1, 0.15) is 6.61 Å². The van der Waals surface area contributed by atoms with Crippen molar-refractivity contribution in [2.75, 3.05) is 0 Å². The summed E-state index contributed by atoms with van der Waals surface area (Å²) in [6.07, 6.45) is 1.53. The van der Waals surface area contributed by atoms with E-state index in [0.717, 1.165) is 18.4 Å². The standard InChI is InChI=1S/C12H15NO2S/c14-12(13-10-6-11(16)7-10)15-8-9-4-2-1-3-5-9/h1-5,10-11,16H,6-8H2,(H,13,14). The van der Waals surface area contributed by atoms with Gasteiger partial charge in [-0.25, -0.2) is 4.79 Å². The van der Waals surface area contributed by atoms with Crippen LogP contribution in [0.3, 0.4) is 0 Å². The van der Waals surface area contributed by atoms with Crippen LogP contribution < -0.4 is 5.32 Å². The van der Waals surface area contributed by atoms with Crippen molar-refractivity contribution in [2.45, 2.75) is 30.7 Å². The number of amides is 1. The van der Waals surface area contributed by atoms with Crippen LogP contribution in [0, 0.1) is 0 Å². The zero-order valence-electron chi connectivity index (χ0n) is 8.93. The molecular formula is C12H15NO2S. The Kier molecular flexibility index (Phi) is 3.72. The van der Waals surface area contributed by atoms with Crippen LogP contribution in [0.5, 0.6) is 0 Å². The van der Waals surface area contributed by atoms with Crippen LogP contribution in [0.1, 0.15) is 18.4 Å². The van der Waals surface area contributed by atoms with Crippen molar-refractivity contribution in [3.8, 4) is 0 Å². The van der Waals surface area contributed by atoms with Gasteiger partial charge in [-0.1, -0.05) is 30.3 Å². The van der Waals surface area contributed by atoms with Crippen molar-refractivity contribution in [3.63, 3.8) is 0 Å². The number of thiol groups is 1. The van der Waals surface area contributed by atoms with Crippen molar-refractivity contribution < 1.29 is 9.53 Å². The number of hydrogen-bond donors (Lipinski definition) is 2. The smallest absolute Gasteiger partial charge is 0.407 e. The van der Waals surface area contributed by atoms with Crippen molar-refractivity contribution in [1.29, 1.82) is 0 Å². The number of benzene rings is 1. The molecule has 1 amide bonds. The molecule has 86 valence electrons. The summed E-state index contributed by atoms with van der Waals surface area (Å²) in [4.78, 5) is 11.4. The fourth-order valence-electron chi connectivity index (χ4n) is 1.64. The molecule has 0 aromatic heterocycles. The molecule has 0 radical (unpaired) electrons. The van der Waals surface area contributed by atoms with Crippen LogP contribution >= 0.6 is 12.6 Å². The summed E-state index contributed by atoms with van der Waals surface area (Å²) in [5.41, 5.74) is 0.998. The number of carbonyl (C=O) groups excluding carboxylic acids is 1. The maximum atomic E-state index is 11.4. The number of nitrogens with one attached hydrogen (secondary N) is 1. The fraction of sp³-hybridized carbons (Fsp3) is 0.417. The van der Waals surface area contributed by atoms with Crippen molar-refractivity contribution in [3.05, 3.63) is 35.9 Å². The van der Waals surface area contributed by atoms with Gasteiger partial charge < -0.3 is 10.1 Å². The molecule has 16 heavy (non-hydrogen) atoms. The van der Waals surface area contributed by atoms with Crippen LogP contribution in [0.25, 0.3) is 0 Å². The zero-order chi connectivity index (χ0) is 11.4. The molecule has 3 nitrogen and oxygen atoms in total. The first-order valence-electron chi connectivity index (χ1n) is 5.39. The molecule has 0 heterocycles. The molecule has 2 rings (SSSR count). The first kappa shape index (κ1) is 11.3. The zero-order valence-corrected chi connectivity index (χ0v) is 9.82. The molecule has 0 bridgehead atoms. The van der Waals surface area contributed by atoms with Gasteiger partial charge in [-0.3, -0.25) is 0 Å². The summed E-state index contributed by atoms with van der Waals surface area (Å²) in [5.74, 6) is 0. The van der Waals surface area contributed by atoms with Gasteiger partial charge in [-0.05, 0) is 18.4 Å². The highest BCUT2D eigenvalue weighted by molar-refractivity contribution is 7.81. The topological polar surface area (TPSA) is 38.3 Å². The Morgan fingerprint density at radius 1 is 1.38 bits per heavy atom. The molecule has 1 aliphatic rings. The Bertz CT molecular complexity index is 349. The molecule has 1 N–H and O–H groups in total. The fourth-order valence-corrected chi connectivity index (χ4v) is 2.15. The summed E-state index contributed by atoms with van der Waals surface area (Å²) in [6.45, 7) is 0.323. The molecule has 1 saturated carbocycles. The average Bonchev–Trinajstić information content (AvgIpc) is 2.26. The third-order valence-corrected chi connectivity index (χ3v) is 3.07. The van der Waals surface area contributed by atoms with Gasteiger partial charge in [0, 0.05) is 11.3 Å². The predicted octanol–water partition coefficient (Wildman–Crippen LogP) is 2.37. The monoisotopic (exact) mass is 237 g/mol. The van der Waals surface area contributed by atoms with Gasteiger partial charge in [0.2, 0.25) is 0 Å². The quantitative estimate of drug-likeness (QED) is 0.792. The second kappa shape index (κ2) is 5.25. The van der Waals surface area contributed by atoms with E-state index in [1.807, 2.05) is 30.3 Å². The molecule has 0 aliphatic heterocycles. The van der Waals surface area contributed by atoms with E-state index in [1.165, 1.54) is 0 Å². The van der Waals surface area contributed by atoms with E-state index in [4.69, 9.17) is 4.74 Å². The lowest BCUT2D eigenvalue weighted by Crippen LogP contribution is -2.45. The molecule has 4 heteroatoms. The Morgan fingerprint density at radius 3 is 2.69 bits per heavy atom. The van der Waals surface area contributed by atoms with Crippen LogP contribution in [0.4, 0.5) is 4.79 Å². The molecule has 1 fully saturated rings. The first-order valence-corrected chi connectivity index (χ1v) is 5.91. The van der Waals surface area contributed by atoms with Gasteiger partial charge in [-0.2, -0.15) is 12.6 Å². The predicted molar refractivity (Wildman–Crippen MR) is 65.6 cm³/mol. The summed E-state index contributed by atoms with van der Waals surface area (Å²) in [6, 6.07) is 9.89. The number of ether oxygens (including phenoxy) is 1. The maximum absolute atomic E-state index is 11.4. The minimum absolute atomic E-state index is 0.241. The molecule has 1 aromatic carbocycles.